The van der Waals surface area contributed by atoms with Crippen molar-refractivity contribution in [2.45, 2.75) is 19.6 Å². The summed E-state index contributed by atoms with van der Waals surface area (Å²) in [5.41, 5.74) is 5.25. The van der Waals surface area contributed by atoms with Crippen LogP contribution in [-0.4, -0.2) is 23.0 Å². The monoisotopic (exact) mass is 407 g/mol. The summed E-state index contributed by atoms with van der Waals surface area (Å²) in [5.74, 6) is -1.38. The number of amides is 1. The average molecular weight is 409 g/mol. The molecule has 0 aliphatic heterocycles. The van der Waals surface area contributed by atoms with Crippen molar-refractivity contribution < 1.29 is 14.3 Å². The molecule has 0 aliphatic carbocycles. The number of anilines is 1. The van der Waals surface area contributed by atoms with Crippen LogP contribution in [-0.2, 0) is 16.1 Å². The van der Waals surface area contributed by atoms with Crippen LogP contribution >= 0.6 is 46.1 Å². The van der Waals surface area contributed by atoms with Crippen molar-refractivity contribution in [3.05, 3.63) is 43.3 Å². The van der Waals surface area contributed by atoms with Gasteiger partial charge in [-0.2, -0.15) is 0 Å². The maximum atomic E-state index is 12.1. The summed E-state index contributed by atoms with van der Waals surface area (Å²) in [7, 11) is 0. The second kappa shape index (κ2) is 8.02. The lowest BCUT2D eigenvalue weighted by Crippen LogP contribution is -2.35. The van der Waals surface area contributed by atoms with Crippen LogP contribution in [0.3, 0.4) is 0 Å². The van der Waals surface area contributed by atoms with E-state index in [2.05, 4.69) is 10.3 Å². The summed E-state index contributed by atoms with van der Waals surface area (Å²) in [6, 6.07) is 3.75. The molecule has 0 saturated heterocycles. The molecule has 2 aromatic rings. The van der Waals surface area contributed by atoms with Crippen molar-refractivity contribution in [1.29, 1.82) is 0 Å². The number of nitrogens with one attached hydrogen (secondary N) is 1. The van der Waals surface area contributed by atoms with Crippen LogP contribution in [0.25, 0.3) is 0 Å². The number of hydrogen-bond acceptors (Lipinski definition) is 6. The summed E-state index contributed by atoms with van der Waals surface area (Å²) >= 11 is 19.0. The highest BCUT2D eigenvalue weighted by atomic mass is 35.5. The van der Waals surface area contributed by atoms with Gasteiger partial charge in [-0.15, -0.1) is 11.3 Å². The van der Waals surface area contributed by atoms with Crippen LogP contribution in [0.5, 0.6) is 0 Å². The first-order valence-electron chi connectivity index (χ1n) is 6.62. The van der Waals surface area contributed by atoms with Crippen LogP contribution in [0.4, 0.5) is 5.69 Å². The van der Waals surface area contributed by atoms with Gasteiger partial charge >= 0.3 is 5.97 Å². The van der Waals surface area contributed by atoms with Gasteiger partial charge in [-0.3, -0.25) is 4.79 Å². The molecule has 1 amide bonds. The zero-order chi connectivity index (χ0) is 17.9. The number of ether oxygens (including phenoxy) is 1. The number of rotatable bonds is 5. The van der Waals surface area contributed by atoms with Gasteiger partial charge in [0.15, 0.2) is 17.0 Å². The predicted molar refractivity (Wildman–Crippen MR) is 94.7 cm³/mol. The van der Waals surface area contributed by atoms with Gasteiger partial charge in [0.25, 0.3) is 5.91 Å². The fourth-order valence-electron chi connectivity index (χ4n) is 1.67. The zero-order valence-corrected chi connectivity index (χ0v) is 15.4. The normalized spacial score (nSPS) is 11.8. The Bertz CT molecular complexity index is 768. The summed E-state index contributed by atoms with van der Waals surface area (Å²) in [6.07, 6.45) is -1.05. The predicted octanol–water partition coefficient (Wildman–Crippen LogP) is 3.55. The fourth-order valence-corrected chi connectivity index (χ4v) is 2.90. The Hall–Kier alpha value is -1.54. The number of aromatic nitrogens is 1. The van der Waals surface area contributed by atoms with Gasteiger partial charge in [-0.05, 0) is 18.4 Å². The number of carbonyl (C=O) groups excluding carboxylic acids is 2. The highest BCUT2D eigenvalue weighted by Crippen LogP contribution is 2.34. The van der Waals surface area contributed by atoms with Crippen LogP contribution in [0.1, 0.15) is 22.3 Å². The highest BCUT2D eigenvalue weighted by molar-refractivity contribution is 7.09. The maximum absolute atomic E-state index is 12.1. The second-order valence-corrected chi connectivity index (χ2v) is 6.78. The first kappa shape index (κ1) is 18.8. The van der Waals surface area contributed by atoms with Gasteiger partial charge in [0.2, 0.25) is 0 Å². The number of halogens is 3. The van der Waals surface area contributed by atoms with E-state index in [1.807, 2.05) is 17.5 Å². The van der Waals surface area contributed by atoms with Gasteiger partial charge in [0, 0.05) is 4.88 Å². The number of nitrogens with two attached hydrogens (primary N) is 1. The minimum absolute atomic E-state index is 0.0556. The lowest BCUT2D eigenvalue weighted by molar-refractivity contribution is -0.129. The molecule has 1 atom stereocenters. The van der Waals surface area contributed by atoms with E-state index in [-0.39, 0.29) is 26.6 Å². The van der Waals surface area contributed by atoms with Crippen LogP contribution in [0.2, 0.25) is 15.2 Å². The Morgan fingerprint density at radius 2 is 2.08 bits per heavy atom. The third-order valence-corrected chi connectivity index (χ3v) is 4.95. The van der Waals surface area contributed by atoms with Crippen LogP contribution in [0.15, 0.2) is 17.5 Å². The number of nitrogens with zero attached hydrogens (tertiary/aromatic N) is 1. The van der Waals surface area contributed by atoms with Crippen LogP contribution in [0, 0.1) is 0 Å². The van der Waals surface area contributed by atoms with E-state index in [1.54, 1.807) is 0 Å². The maximum Gasteiger partial charge on any atom is 0.359 e. The third-order valence-electron chi connectivity index (χ3n) is 2.94. The second-order valence-electron chi connectivity index (χ2n) is 4.64. The van der Waals surface area contributed by atoms with E-state index in [9.17, 15) is 9.59 Å². The van der Waals surface area contributed by atoms with E-state index < -0.39 is 18.0 Å². The summed E-state index contributed by atoms with van der Waals surface area (Å²) in [5, 5.41) is 4.14. The molecular formula is C14H12Cl3N3O3S. The topological polar surface area (TPSA) is 94.3 Å². The number of pyridine rings is 1. The molecule has 0 spiro atoms. The van der Waals surface area contributed by atoms with Crippen molar-refractivity contribution in [2.24, 2.45) is 0 Å². The largest absolute Gasteiger partial charge is 0.448 e. The zero-order valence-electron chi connectivity index (χ0n) is 12.3. The van der Waals surface area contributed by atoms with E-state index in [0.29, 0.717) is 6.54 Å². The molecule has 10 heteroatoms. The Morgan fingerprint density at radius 1 is 1.38 bits per heavy atom. The fraction of sp³-hybridized carbons (Fsp3) is 0.214. The smallest absolute Gasteiger partial charge is 0.359 e. The lowest BCUT2D eigenvalue weighted by Gasteiger charge is -2.14. The van der Waals surface area contributed by atoms with Crippen LogP contribution < -0.4 is 11.1 Å². The molecule has 0 fully saturated rings. The third kappa shape index (κ3) is 4.30. The van der Waals surface area contributed by atoms with E-state index in [1.165, 1.54) is 18.3 Å². The Balaban J connectivity index is 2.02. The van der Waals surface area contributed by atoms with Gasteiger partial charge in [0.05, 0.1) is 17.3 Å². The highest BCUT2D eigenvalue weighted by Gasteiger charge is 2.24. The molecule has 2 heterocycles. The molecule has 0 bridgehead atoms. The van der Waals surface area contributed by atoms with Crippen molar-refractivity contribution >= 4 is 63.7 Å². The lowest BCUT2D eigenvalue weighted by atomic mass is 10.3. The van der Waals surface area contributed by atoms with E-state index >= 15 is 0 Å². The number of thiophene rings is 1. The molecule has 0 aromatic carbocycles. The Kier molecular flexibility index (Phi) is 6.28. The number of esters is 1. The Morgan fingerprint density at radius 3 is 2.71 bits per heavy atom. The van der Waals surface area contributed by atoms with Crippen molar-refractivity contribution in [3.8, 4) is 0 Å². The molecule has 2 rings (SSSR count). The molecule has 128 valence electrons. The molecular weight excluding hydrogens is 397 g/mol. The summed E-state index contributed by atoms with van der Waals surface area (Å²) < 4.78 is 5.05. The number of hydrogen-bond donors (Lipinski definition) is 2. The number of nitrogen functional groups attached to an aromatic ring is 1. The molecule has 24 heavy (non-hydrogen) atoms. The molecule has 0 saturated carbocycles. The SMILES string of the molecule is C[C@H](OC(=O)c1nc(Cl)c(Cl)c(N)c1Cl)C(=O)NCc1cccs1. The van der Waals surface area contributed by atoms with E-state index in [0.717, 1.165) is 4.88 Å². The van der Waals surface area contributed by atoms with Gasteiger partial charge in [0.1, 0.15) is 5.02 Å². The average Bonchev–Trinajstić information content (AvgIpc) is 3.07. The molecule has 2 aromatic heterocycles. The molecule has 6 nitrogen and oxygen atoms in total. The molecule has 0 unspecified atom stereocenters. The molecule has 0 aliphatic rings. The first-order chi connectivity index (χ1) is 11.3. The van der Waals surface area contributed by atoms with Gasteiger partial charge in [-0.25, -0.2) is 9.78 Å². The summed E-state index contributed by atoms with van der Waals surface area (Å²) in [4.78, 5) is 28.8. The van der Waals surface area contributed by atoms with E-state index in [4.69, 9.17) is 45.3 Å². The van der Waals surface area contributed by atoms with Gasteiger partial charge in [-0.1, -0.05) is 40.9 Å². The van der Waals surface area contributed by atoms with Crippen molar-refractivity contribution in [1.82, 2.24) is 10.3 Å². The quantitative estimate of drug-likeness (QED) is 0.583. The number of carbonyl (C=O) groups is 2. The standard InChI is InChI=1S/C14H12Cl3N3O3S/c1-6(13(21)19-5-7-3-2-4-24-7)23-14(22)11-8(15)10(18)9(16)12(17)20-11/h2-4,6H,5H2,1H3,(H2,18,20)(H,19,21)/t6-/m0/s1. The molecule has 3 N–H and O–H groups in total. The van der Waals surface area contributed by atoms with Gasteiger partial charge < -0.3 is 15.8 Å². The minimum Gasteiger partial charge on any atom is -0.448 e. The summed E-state index contributed by atoms with van der Waals surface area (Å²) in [6.45, 7) is 1.77. The van der Waals surface area contributed by atoms with Crippen molar-refractivity contribution in [3.63, 3.8) is 0 Å². The Labute approximate surface area is 156 Å². The van der Waals surface area contributed by atoms with Crippen molar-refractivity contribution in [2.75, 3.05) is 5.73 Å². The molecule has 0 radical (unpaired) electrons. The first-order valence-corrected chi connectivity index (χ1v) is 8.63. The minimum atomic E-state index is -1.05.